The molecule has 1 aliphatic carbocycles. The number of hydrogen-bond donors (Lipinski definition) is 1. The van der Waals surface area contributed by atoms with Gasteiger partial charge in [0.25, 0.3) is 0 Å². The molecule has 7 heteroatoms. The summed E-state index contributed by atoms with van der Waals surface area (Å²) < 4.78 is 26.5. The van der Waals surface area contributed by atoms with Gasteiger partial charge in [0.05, 0.1) is 0 Å². The summed E-state index contributed by atoms with van der Waals surface area (Å²) in [6, 6.07) is 10.4. The number of sulfonamides is 1. The first-order valence-electron chi connectivity index (χ1n) is 10.1. The molecule has 3 rings (SSSR count). The Balaban J connectivity index is 1.45. The van der Waals surface area contributed by atoms with Gasteiger partial charge >= 0.3 is 0 Å². The Morgan fingerprint density at radius 3 is 2.46 bits per heavy atom. The average molecular weight is 406 g/mol. The minimum Gasteiger partial charge on any atom is -0.354 e. The molecule has 6 nitrogen and oxygen atoms in total. The molecule has 1 saturated heterocycles. The summed E-state index contributed by atoms with van der Waals surface area (Å²) in [4.78, 5) is 14.8. The third kappa shape index (κ3) is 5.65. The van der Waals surface area contributed by atoms with Gasteiger partial charge in [0.1, 0.15) is 0 Å². The van der Waals surface area contributed by atoms with Crippen molar-refractivity contribution < 1.29 is 13.2 Å². The third-order valence-electron chi connectivity index (χ3n) is 5.81. The van der Waals surface area contributed by atoms with Crippen LogP contribution < -0.4 is 5.32 Å². The zero-order valence-electron chi connectivity index (χ0n) is 16.8. The molecule has 0 spiro atoms. The van der Waals surface area contributed by atoms with Crippen molar-refractivity contribution in [3.8, 4) is 0 Å². The van der Waals surface area contributed by atoms with Crippen molar-refractivity contribution in [1.29, 1.82) is 0 Å². The number of nitrogens with zero attached hydrogens (tertiary/aromatic N) is 2. The molecule has 2 fully saturated rings. The van der Waals surface area contributed by atoms with E-state index in [1.165, 1.54) is 22.6 Å². The largest absolute Gasteiger partial charge is 0.354 e. The van der Waals surface area contributed by atoms with E-state index in [1.807, 2.05) is 30.3 Å². The highest BCUT2D eigenvalue weighted by Gasteiger charge is 2.31. The Morgan fingerprint density at radius 2 is 1.86 bits per heavy atom. The van der Waals surface area contributed by atoms with Crippen LogP contribution in [0.3, 0.4) is 0 Å². The number of rotatable bonds is 8. The van der Waals surface area contributed by atoms with Crippen LogP contribution in [0, 0.1) is 5.92 Å². The second-order valence-electron chi connectivity index (χ2n) is 7.92. The number of benzene rings is 1. The van der Waals surface area contributed by atoms with Crippen LogP contribution in [0.15, 0.2) is 35.7 Å². The van der Waals surface area contributed by atoms with Gasteiger partial charge in [-0.15, -0.1) is 0 Å². The van der Waals surface area contributed by atoms with E-state index in [1.54, 1.807) is 6.08 Å². The lowest BCUT2D eigenvalue weighted by Gasteiger charge is -2.30. The van der Waals surface area contributed by atoms with Crippen molar-refractivity contribution in [2.24, 2.45) is 5.92 Å². The standard InChI is InChI=1S/C21H31N3O3S/c1-17(23(2)20-8-9-20)16-22-21(25)19-10-13-24(14-11-19)28(26,27)15-12-18-6-4-3-5-7-18/h3-7,12,15,17,19-20H,8-11,13-14,16H2,1-2H3,(H,22,25)/b15-12+. The highest BCUT2D eigenvalue weighted by molar-refractivity contribution is 7.92. The number of likely N-dealkylation sites (N-methyl/N-ethyl adjacent to an activating group) is 1. The quantitative estimate of drug-likeness (QED) is 0.721. The van der Waals surface area contributed by atoms with Gasteiger partial charge in [-0.25, -0.2) is 8.42 Å². The van der Waals surface area contributed by atoms with E-state index >= 15 is 0 Å². The number of amides is 1. The third-order valence-corrected chi connectivity index (χ3v) is 7.37. The molecular formula is C21H31N3O3S. The van der Waals surface area contributed by atoms with Crippen LogP contribution in [-0.4, -0.2) is 62.3 Å². The van der Waals surface area contributed by atoms with E-state index in [0.29, 0.717) is 44.6 Å². The van der Waals surface area contributed by atoms with Gasteiger partial charge < -0.3 is 5.32 Å². The molecule has 28 heavy (non-hydrogen) atoms. The van der Waals surface area contributed by atoms with Crippen molar-refractivity contribution in [3.63, 3.8) is 0 Å². The summed E-state index contributed by atoms with van der Waals surface area (Å²) in [6.07, 6.45) is 5.25. The van der Waals surface area contributed by atoms with Gasteiger partial charge in [-0.1, -0.05) is 30.3 Å². The average Bonchev–Trinajstić information content (AvgIpc) is 3.56. The van der Waals surface area contributed by atoms with Crippen molar-refractivity contribution in [2.75, 3.05) is 26.7 Å². The number of nitrogens with one attached hydrogen (secondary N) is 1. The Kier molecular flexibility index (Phi) is 6.91. The molecule has 1 aromatic carbocycles. The molecule has 1 aromatic rings. The lowest BCUT2D eigenvalue weighted by molar-refractivity contribution is -0.126. The number of piperidine rings is 1. The monoisotopic (exact) mass is 405 g/mol. The molecule has 1 aliphatic heterocycles. The first kappa shape index (κ1) is 21.0. The van der Waals surface area contributed by atoms with Crippen LogP contribution >= 0.6 is 0 Å². The minimum absolute atomic E-state index is 0.0490. The predicted molar refractivity (Wildman–Crippen MR) is 112 cm³/mol. The van der Waals surface area contributed by atoms with Gasteiger partial charge in [0.2, 0.25) is 15.9 Å². The van der Waals surface area contributed by atoms with Crippen molar-refractivity contribution in [2.45, 2.75) is 44.7 Å². The van der Waals surface area contributed by atoms with Crippen molar-refractivity contribution in [1.82, 2.24) is 14.5 Å². The maximum absolute atomic E-state index is 12.5. The van der Waals surface area contributed by atoms with Crippen LogP contribution in [-0.2, 0) is 14.8 Å². The smallest absolute Gasteiger partial charge is 0.236 e. The number of carbonyl (C=O) groups is 1. The Hall–Kier alpha value is -1.70. The molecule has 0 radical (unpaired) electrons. The topological polar surface area (TPSA) is 69.7 Å². The fourth-order valence-corrected chi connectivity index (χ4v) is 4.79. The molecule has 1 atom stereocenters. The van der Waals surface area contributed by atoms with Crippen LogP contribution in [0.5, 0.6) is 0 Å². The first-order valence-corrected chi connectivity index (χ1v) is 11.6. The lowest BCUT2D eigenvalue weighted by Crippen LogP contribution is -2.46. The highest BCUT2D eigenvalue weighted by atomic mass is 32.2. The van der Waals surface area contributed by atoms with Crippen LogP contribution in [0.2, 0.25) is 0 Å². The van der Waals surface area contributed by atoms with E-state index in [0.717, 1.165) is 5.56 Å². The minimum atomic E-state index is -3.46. The summed E-state index contributed by atoms with van der Waals surface area (Å²) >= 11 is 0. The molecule has 1 heterocycles. The fourth-order valence-electron chi connectivity index (χ4n) is 3.57. The number of hydrogen-bond acceptors (Lipinski definition) is 4. The maximum Gasteiger partial charge on any atom is 0.236 e. The van der Waals surface area contributed by atoms with E-state index in [9.17, 15) is 13.2 Å². The van der Waals surface area contributed by atoms with Crippen molar-refractivity contribution in [3.05, 3.63) is 41.3 Å². The highest BCUT2D eigenvalue weighted by Crippen LogP contribution is 2.27. The lowest BCUT2D eigenvalue weighted by atomic mass is 9.97. The van der Waals surface area contributed by atoms with Gasteiger partial charge in [-0.05, 0) is 51.3 Å². The SMILES string of the molecule is CC(CNC(=O)C1CCN(S(=O)(=O)/C=C/c2ccccc2)CC1)N(C)C1CC1. The fraction of sp³-hybridized carbons (Fsp3) is 0.571. The zero-order chi connectivity index (χ0) is 20.1. The molecule has 2 aliphatic rings. The van der Waals surface area contributed by atoms with E-state index in [4.69, 9.17) is 0 Å². The van der Waals surface area contributed by atoms with E-state index in [-0.39, 0.29) is 11.8 Å². The van der Waals surface area contributed by atoms with Gasteiger partial charge in [0.15, 0.2) is 0 Å². The van der Waals surface area contributed by atoms with E-state index < -0.39 is 10.0 Å². The molecular weight excluding hydrogens is 374 g/mol. The predicted octanol–water partition coefficient (Wildman–Crippen LogP) is 2.30. The molecule has 1 saturated carbocycles. The van der Waals surface area contributed by atoms with Gasteiger partial charge in [-0.3, -0.25) is 9.69 Å². The first-order chi connectivity index (χ1) is 13.4. The molecule has 1 amide bonds. The molecule has 0 bridgehead atoms. The van der Waals surface area contributed by atoms with Crippen LogP contribution in [0.1, 0.15) is 38.2 Å². The van der Waals surface area contributed by atoms with Crippen molar-refractivity contribution >= 4 is 22.0 Å². The summed E-state index contributed by atoms with van der Waals surface area (Å²) in [6.45, 7) is 3.55. The van der Waals surface area contributed by atoms with Gasteiger partial charge in [0, 0.05) is 43.0 Å². The van der Waals surface area contributed by atoms with Crippen LogP contribution in [0.4, 0.5) is 0 Å². The Bertz CT molecular complexity index is 782. The molecule has 154 valence electrons. The second kappa shape index (κ2) is 9.20. The molecule has 1 N–H and O–H groups in total. The Labute approximate surface area is 168 Å². The number of carbonyl (C=O) groups excluding carboxylic acids is 1. The summed E-state index contributed by atoms with van der Waals surface area (Å²) in [5.41, 5.74) is 0.852. The summed E-state index contributed by atoms with van der Waals surface area (Å²) in [5, 5.41) is 4.32. The Morgan fingerprint density at radius 1 is 1.21 bits per heavy atom. The van der Waals surface area contributed by atoms with E-state index in [2.05, 4.69) is 24.2 Å². The molecule has 1 unspecified atom stereocenters. The maximum atomic E-state index is 12.5. The normalized spacial score (nSPS) is 20.5. The second-order valence-corrected chi connectivity index (χ2v) is 9.74. The summed E-state index contributed by atoms with van der Waals surface area (Å²) in [5.74, 6) is -0.0593. The van der Waals surface area contributed by atoms with Gasteiger partial charge in [-0.2, -0.15) is 4.31 Å². The summed E-state index contributed by atoms with van der Waals surface area (Å²) in [7, 11) is -1.34. The van der Waals surface area contributed by atoms with Crippen LogP contribution in [0.25, 0.3) is 6.08 Å². The molecule has 0 aromatic heterocycles. The zero-order valence-corrected chi connectivity index (χ0v) is 17.6.